The first-order valence-corrected chi connectivity index (χ1v) is 18.9. The Labute approximate surface area is 323 Å². The van der Waals surface area contributed by atoms with E-state index in [2.05, 4.69) is 155 Å². The van der Waals surface area contributed by atoms with Crippen LogP contribution in [0.15, 0.2) is 209 Å². The van der Waals surface area contributed by atoms with E-state index in [1.165, 1.54) is 21.9 Å². The number of nitrogens with one attached hydrogen (secondary N) is 1. The van der Waals surface area contributed by atoms with E-state index in [0.29, 0.717) is 5.84 Å². The average molecular weight is 719 g/mol. The summed E-state index contributed by atoms with van der Waals surface area (Å²) in [5, 5.41) is 8.24. The number of rotatable bonds is 6. The number of para-hydroxylation sites is 2. The van der Waals surface area contributed by atoms with Crippen LogP contribution >= 0.6 is 0 Å². The summed E-state index contributed by atoms with van der Waals surface area (Å²) in [6.07, 6.45) is -0.313. The zero-order chi connectivity index (χ0) is 37.0. The average Bonchev–Trinajstić information content (AvgIpc) is 3.82. The molecule has 0 saturated heterocycles. The Kier molecular flexibility index (Phi) is 7.49. The molecule has 0 radical (unpaired) electrons. The van der Waals surface area contributed by atoms with E-state index < -0.39 is 0 Å². The van der Waals surface area contributed by atoms with Crippen LogP contribution in [0.2, 0.25) is 0 Å². The van der Waals surface area contributed by atoms with Gasteiger partial charge in [0.1, 0.15) is 23.2 Å². The van der Waals surface area contributed by atoms with Gasteiger partial charge in [-0.25, -0.2) is 9.98 Å². The number of hydrogen-bond donors (Lipinski definition) is 1. The van der Waals surface area contributed by atoms with Crippen molar-refractivity contribution in [2.24, 2.45) is 9.98 Å². The fraction of sp³-hybridized carbons (Fsp3) is 0.0196. The highest BCUT2D eigenvalue weighted by molar-refractivity contribution is 6.19. The molecule has 0 aliphatic carbocycles. The lowest BCUT2D eigenvalue weighted by Crippen LogP contribution is -2.33. The molecule has 0 fully saturated rings. The Morgan fingerprint density at radius 1 is 0.464 bits per heavy atom. The minimum absolute atomic E-state index is 0.313. The summed E-state index contributed by atoms with van der Waals surface area (Å²) in [4.78, 5) is 10.3. The third kappa shape index (κ3) is 5.40. The molecular formula is C51H34N4O. The smallest absolute Gasteiger partial charge is 0.159 e. The SMILES string of the molecule is c1ccc(C2=NC(c3ccccc3)NC(c3cc(-c4ccc5c6cc(-c7ccccc7)ccc6n(-c6ccccc6)c5c4)c4c(c3)oc3ccccc34)=N2)cc1. The van der Waals surface area contributed by atoms with E-state index in [1.807, 2.05) is 48.5 Å². The number of nitrogens with zero attached hydrogens (tertiary/aromatic N) is 3. The van der Waals surface area contributed by atoms with Gasteiger partial charge in [-0.15, -0.1) is 0 Å². The highest BCUT2D eigenvalue weighted by Gasteiger charge is 2.24. The van der Waals surface area contributed by atoms with E-state index in [-0.39, 0.29) is 6.17 Å². The predicted octanol–water partition coefficient (Wildman–Crippen LogP) is 12.5. The summed E-state index contributed by atoms with van der Waals surface area (Å²) in [5.41, 5.74) is 12.6. The number of benzene rings is 8. The van der Waals surface area contributed by atoms with Crippen LogP contribution in [0.25, 0.3) is 71.7 Å². The fourth-order valence-electron chi connectivity index (χ4n) is 8.19. The molecule has 264 valence electrons. The molecule has 8 aromatic carbocycles. The Bertz CT molecular complexity index is 3140. The molecule has 11 rings (SSSR count). The molecule has 1 aliphatic heterocycles. The molecule has 0 spiro atoms. The monoisotopic (exact) mass is 718 g/mol. The number of fused-ring (bicyclic) bond motifs is 6. The van der Waals surface area contributed by atoms with Gasteiger partial charge in [0.2, 0.25) is 0 Å². The number of hydrogen-bond acceptors (Lipinski definition) is 4. The van der Waals surface area contributed by atoms with E-state index in [0.717, 1.165) is 72.3 Å². The van der Waals surface area contributed by atoms with Crippen molar-refractivity contribution >= 4 is 55.4 Å². The molecule has 1 atom stereocenters. The molecule has 5 heteroatoms. The normalized spacial score (nSPS) is 14.2. The van der Waals surface area contributed by atoms with Gasteiger partial charge >= 0.3 is 0 Å². The molecule has 0 bridgehead atoms. The van der Waals surface area contributed by atoms with E-state index in [9.17, 15) is 0 Å². The standard InChI is InChI=1S/C51H34N4O/c1-5-15-33(16-6-1)36-26-28-44-43(29-36)40-27-25-37(31-45(40)55(44)39-21-11-4-12-22-39)42-30-38(32-47-48(42)41-23-13-14-24-46(41)56-47)51-53-49(34-17-7-2-8-18-34)52-50(54-51)35-19-9-3-10-20-35/h1-32,49H,(H,52,53,54). The van der Waals surface area contributed by atoms with Gasteiger partial charge < -0.3 is 14.3 Å². The van der Waals surface area contributed by atoms with E-state index >= 15 is 0 Å². The van der Waals surface area contributed by atoms with Crippen molar-refractivity contribution in [1.82, 2.24) is 9.88 Å². The van der Waals surface area contributed by atoms with Gasteiger partial charge in [-0.1, -0.05) is 146 Å². The number of aromatic nitrogens is 1. The lowest BCUT2D eigenvalue weighted by atomic mass is 9.95. The number of amidine groups is 2. The van der Waals surface area contributed by atoms with Crippen LogP contribution in [0.1, 0.15) is 22.9 Å². The maximum atomic E-state index is 6.63. The number of aliphatic imine (C=N–C) groups is 2. The third-order valence-electron chi connectivity index (χ3n) is 10.8. The maximum absolute atomic E-state index is 6.63. The predicted molar refractivity (Wildman–Crippen MR) is 231 cm³/mol. The summed E-state index contributed by atoms with van der Waals surface area (Å²) in [6, 6.07) is 68.1. The summed E-state index contributed by atoms with van der Waals surface area (Å²) < 4.78 is 9.02. The summed E-state index contributed by atoms with van der Waals surface area (Å²) >= 11 is 0. The quantitative estimate of drug-likeness (QED) is 0.186. The van der Waals surface area contributed by atoms with Gasteiger partial charge in [0.05, 0.1) is 11.0 Å². The van der Waals surface area contributed by atoms with Crippen LogP contribution in [-0.2, 0) is 0 Å². The fourth-order valence-corrected chi connectivity index (χ4v) is 8.19. The summed E-state index contributed by atoms with van der Waals surface area (Å²) in [6.45, 7) is 0. The number of furan rings is 1. The van der Waals surface area contributed by atoms with Gasteiger partial charge in [0.15, 0.2) is 5.84 Å². The van der Waals surface area contributed by atoms with Crippen molar-refractivity contribution < 1.29 is 4.42 Å². The van der Waals surface area contributed by atoms with Crippen molar-refractivity contribution in [3.8, 4) is 27.9 Å². The van der Waals surface area contributed by atoms with Crippen LogP contribution in [-0.4, -0.2) is 16.2 Å². The van der Waals surface area contributed by atoms with Crippen molar-refractivity contribution in [2.45, 2.75) is 6.17 Å². The third-order valence-corrected chi connectivity index (χ3v) is 10.8. The van der Waals surface area contributed by atoms with Crippen LogP contribution in [0.4, 0.5) is 0 Å². The van der Waals surface area contributed by atoms with Gasteiger partial charge in [0.25, 0.3) is 0 Å². The van der Waals surface area contributed by atoms with E-state index in [1.54, 1.807) is 0 Å². The van der Waals surface area contributed by atoms with Crippen LogP contribution in [0, 0.1) is 0 Å². The zero-order valence-electron chi connectivity index (χ0n) is 30.3. The molecular weight excluding hydrogens is 685 g/mol. The van der Waals surface area contributed by atoms with Crippen LogP contribution in [0.3, 0.4) is 0 Å². The lowest BCUT2D eigenvalue weighted by molar-refractivity contribution is 0.666. The minimum Gasteiger partial charge on any atom is -0.456 e. The molecule has 3 heterocycles. The van der Waals surface area contributed by atoms with Crippen LogP contribution in [0.5, 0.6) is 0 Å². The van der Waals surface area contributed by atoms with Crippen molar-refractivity contribution in [2.75, 3.05) is 0 Å². The van der Waals surface area contributed by atoms with Gasteiger partial charge in [-0.2, -0.15) is 0 Å². The van der Waals surface area contributed by atoms with Crippen molar-refractivity contribution in [3.63, 3.8) is 0 Å². The molecule has 1 unspecified atom stereocenters. The molecule has 1 N–H and O–H groups in total. The molecule has 10 aromatic rings. The first kappa shape index (κ1) is 32.0. The van der Waals surface area contributed by atoms with E-state index in [4.69, 9.17) is 14.4 Å². The van der Waals surface area contributed by atoms with Crippen molar-refractivity contribution in [3.05, 3.63) is 211 Å². The van der Waals surface area contributed by atoms with Crippen LogP contribution < -0.4 is 5.32 Å². The molecule has 2 aromatic heterocycles. The highest BCUT2D eigenvalue weighted by atomic mass is 16.3. The first-order chi connectivity index (χ1) is 27.7. The summed E-state index contributed by atoms with van der Waals surface area (Å²) in [5.74, 6) is 1.42. The lowest BCUT2D eigenvalue weighted by Gasteiger charge is -2.24. The zero-order valence-corrected chi connectivity index (χ0v) is 30.3. The summed E-state index contributed by atoms with van der Waals surface area (Å²) in [7, 11) is 0. The molecule has 56 heavy (non-hydrogen) atoms. The van der Waals surface area contributed by atoms with Gasteiger partial charge in [-0.05, 0) is 76.3 Å². The second kappa shape index (κ2) is 13.1. The Balaban J connectivity index is 1.14. The van der Waals surface area contributed by atoms with Crippen molar-refractivity contribution in [1.29, 1.82) is 0 Å². The first-order valence-electron chi connectivity index (χ1n) is 18.9. The second-order valence-corrected chi connectivity index (χ2v) is 14.2. The largest absolute Gasteiger partial charge is 0.456 e. The molecule has 0 saturated carbocycles. The van der Waals surface area contributed by atoms with Gasteiger partial charge in [-0.3, -0.25) is 0 Å². The molecule has 0 amide bonds. The molecule has 1 aliphatic rings. The maximum Gasteiger partial charge on any atom is 0.159 e. The second-order valence-electron chi connectivity index (χ2n) is 14.2. The highest BCUT2D eigenvalue weighted by Crippen LogP contribution is 2.41. The molecule has 5 nitrogen and oxygen atoms in total. The topological polar surface area (TPSA) is 54.8 Å². The Morgan fingerprint density at radius 3 is 1.93 bits per heavy atom. The van der Waals surface area contributed by atoms with Gasteiger partial charge in [0, 0.05) is 38.4 Å². The minimum atomic E-state index is -0.313. The Hall–Kier alpha value is -7.50. The Morgan fingerprint density at radius 2 is 1.14 bits per heavy atom.